The van der Waals surface area contributed by atoms with E-state index in [1.807, 2.05) is 0 Å². The van der Waals surface area contributed by atoms with E-state index in [1.165, 1.54) is 6.20 Å². The number of rotatable bonds is 4. The molecule has 0 bridgehead atoms. The van der Waals surface area contributed by atoms with Crippen LogP contribution in [0.4, 0.5) is 4.39 Å². The second kappa shape index (κ2) is 5.86. The number of halogens is 1. The molecule has 0 saturated carbocycles. The highest BCUT2D eigenvalue weighted by molar-refractivity contribution is 5.06. The Hall–Kier alpha value is -1.51. The summed E-state index contributed by atoms with van der Waals surface area (Å²) in [5.41, 5.74) is 4.30. The summed E-state index contributed by atoms with van der Waals surface area (Å²) in [6.07, 6.45) is -3.55. The molecule has 1 aliphatic rings. The number of alkyl halides is 1. The largest absolute Gasteiger partial charge is 0.387 e. The van der Waals surface area contributed by atoms with Crippen molar-refractivity contribution >= 4 is 0 Å². The van der Waals surface area contributed by atoms with Gasteiger partial charge in [-0.1, -0.05) is 0 Å². The first-order valence-corrected chi connectivity index (χ1v) is 6.30. The summed E-state index contributed by atoms with van der Waals surface area (Å²) in [4.78, 5) is 25.6. The molecule has 8 heteroatoms. The number of aryl methyl sites for hydroxylation is 1. The van der Waals surface area contributed by atoms with Crippen LogP contribution in [0.2, 0.25) is 0 Å². The van der Waals surface area contributed by atoms with Gasteiger partial charge in [-0.2, -0.15) is 0 Å². The first-order chi connectivity index (χ1) is 9.99. The summed E-state index contributed by atoms with van der Waals surface area (Å²) >= 11 is 0. The van der Waals surface area contributed by atoms with Gasteiger partial charge in [-0.15, -0.1) is 0 Å². The van der Waals surface area contributed by atoms with Crippen LogP contribution in [0.3, 0.4) is 0 Å². The Morgan fingerprint density at radius 3 is 3.00 bits per heavy atom. The van der Waals surface area contributed by atoms with Crippen LogP contribution >= 0.6 is 0 Å². The van der Waals surface area contributed by atoms with Crippen LogP contribution < -0.4 is 17.0 Å². The Morgan fingerprint density at radius 1 is 1.65 bits per heavy atom. The molecule has 0 amide bonds. The first-order valence-electron chi connectivity index (χ1n) is 7.01. The molecule has 1 aromatic heterocycles. The minimum atomic E-state index is -1.84. The molecule has 1 saturated heterocycles. The molecule has 1 fully saturated rings. The van der Waals surface area contributed by atoms with Crippen LogP contribution in [0.25, 0.3) is 0 Å². The van der Waals surface area contributed by atoms with Crippen LogP contribution in [0.15, 0.2) is 15.8 Å². The first kappa shape index (κ1) is 13.5. The van der Waals surface area contributed by atoms with Crippen molar-refractivity contribution in [2.75, 3.05) is 6.54 Å². The zero-order valence-electron chi connectivity index (χ0n) is 11.8. The van der Waals surface area contributed by atoms with Gasteiger partial charge in [0.15, 0.2) is 12.4 Å². The number of nitrogens with one attached hydrogen (secondary N) is 1. The van der Waals surface area contributed by atoms with Crippen molar-refractivity contribution in [1.29, 1.82) is 0 Å². The molecule has 0 unspecified atom stereocenters. The minimum absolute atomic E-state index is 0.291. The molecule has 0 spiro atoms. The van der Waals surface area contributed by atoms with Gasteiger partial charge in [-0.25, -0.2) is 9.18 Å². The SMILES string of the molecule is [2H]C[C@H]1O[C@@H](n2cc(CCCN)c(=O)[nH]c2=O)[C@H](F)[C@@H]1O. The molecule has 1 aromatic rings. The summed E-state index contributed by atoms with van der Waals surface area (Å²) in [6, 6.07) is 0. The van der Waals surface area contributed by atoms with Gasteiger partial charge in [0.1, 0.15) is 6.10 Å². The predicted octanol–water partition coefficient (Wildman–Crippen LogP) is -0.956. The van der Waals surface area contributed by atoms with E-state index in [0.717, 1.165) is 4.57 Å². The highest BCUT2D eigenvalue weighted by Gasteiger charge is 2.43. The number of aromatic amines is 1. The third kappa shape index (κ3) is 2.67. The Bertz CT molecular complexity index is 605. The molecule has 20 heavy (non-hydrogen) atoms. The Balaban J connectivity index is 2.35. The lowest BCUT2D eigenvalue weighted by Crippen LogP contribution is -2.37. The lowest BCUT2D eigenvalue weighted by atomic mass is 10.1. The quantitative estimate of drug-likeness (QED) is 0.661. The van der Waals surface area contributed by atoms with Crippen LogP contribution in [-0.2, 0) is 11.2 Å². The second-order valence-corrected chi connectivity index (χ2v) is 4.71. The summed E-state index contributed by atoms with van der Waals surface area (Å²) in [6.45, 7) is 0.0556. The maximum atomic E-state index is 14.0. The van der Waals surface area contributed by atoms with Crippen molar-refractivity contribution in [1.82, 2.24) is 9.55 Å². The topological polar surface area (TPSA) is 110 Å². The van der Waals surface area contributed by atoms with Crippen LogP contribution in [0.1, 0.15) is 26.5 Å². The molecular formula is C12H18FN3O4. The smallest absolute Gasteiger partial charge is 0.330 e. The maximum absolute atomic E-state index is 14.0. The standard InChI is InChI=1S/C12H18FN3O4/c1-6-9(17)8(13)11(20-6)16-5-7(3-2-4-14)10(18)15-12(16)19/h5-6,8-9,11,17H,2-4,14H2,1H3,(H,15,18,19)/t6-,8-,9-,11-/m1/s1/i1D. The van der Waals surface area contributed by atoms with Crippen molar-refractivity contribution in [3.05, 3.63) is 32.6 Å². The monoisotopic (exact) mass is 288 g/mol. The van der Waals surface area contributed by atoms with Gasteiger partial charge >= 0.3 is 5.69 Å². The molecule has 0 aliphatic carbocycles. The molecule has 4 N–H and O–H groups in total. The van der Waals surface area contributed by atoms with Crippen molar-refractivity contribution in [2.24, 2.45) is 5.73 Å². The Morgan fingerprint density at radius 2 is 2.40 bits per heavy atom. The Kier molecular flexibility index (Phi) is 3.95. The average Bonchev–Trinajstić information content (AvgIpc) is 2.74. The van der Waals surface area contributed by atoms with E-state index >= 15 is 0 Å². The van der Waals surface area contributed by atoms with E-state index in [4.69, 9.17) is 11.8 Å². The fourth-order valence-corrected chi connectivity index (χ4v) is 2.11. The van der Waals surface area contributed by atoms with Gasteiger partial charge in [0.2, 0.25) is 0 Å². The summed E-state index contributed by atoms with van der Waals surface area (Å²) in [5, 5.41) is 9.62. The van der Waals surface area contributed by atoms with Crippen molar-refractivity contribution in [3.63, 3.8) is 0 Å². The summed E-state index contributed by atoms with van der Waals surface area (Å²) in [7, 11) is 0. The molecule has 2 rings (SSSR count). The number of hydrogen-bond donors (Lipinski definition) is 3. The van der Waals surface area contributed by atoms with E-state index < -0.39 is 35.9 Å². The second-order valence-electron chi connectivity index (χ2n) is 4.71. The highest BCUT2D eigenvalue weighted by atomic mass is 19.1. The highest BCUT2D eigenvalue weighted by Crippen LogP contribution is 2.30. The van der Waals surface area contributed by atoms with E-state index in [-0.39, 0.29) is 6.90 Å². The molecular weight excluding hydrogens is 269 g/mol. The Labute approximate surface area is 115 Å². The molecule has 7 nitrogen and oxygen atoms in total. The van der Waals surface area contributed by atoms with Crippen molar-refractivity contribution in [3.8, 4) is 0 Å². The number of hydrogen-bond acceptors (Lipinski definition) is 5. The van der Waals surface area contributed by atoms with Gasteiger partial charge < -0.3 is 15.6 Å². The van der Waals surface area contributed by atoms with Gasteiger partial charge in [0.05, 0.1) is 6.10 Å². The zero-order valence-corrected chi connectivity index (χ0v) is 10.8. The molecule has 1 aliphatic heterocycles. The summed E-state index contributed by atoms with van der Waals surface area (Å²) < 4.78 is 27.3. The fourth-order valence-electron chi connectivity index (χ4n) is 2.11. The molecule has 2 heterocycles. The average molecular weight is 288 g/mol. The zero-order chi connectivity index (χ0) is 15.6. The van der Waals surface area contributed by atoms with Crippen LogP contribution in [0, 0.1) is 0 Å². The number of ether oxygens (including phenoxy) is 1. The summed E-state index contributed by atoms with van der Waals surface area (Å²) in [5.74, 6) is 0. The fraction of sp³-hybridized carbons (Fsp3) is 0.667. The van der Waals surface area contributed by atoms with Gasteiger partial charge in [0, 0.05) is 13.1 Å². The van der Waals surface area contributed by atoms with Gasteiger partial charge in [0.25, 0.3) is 5.56 Å². The number of aliphatic hydroxyl groups excluding tert-OH is 1. The van der Waals surface area contributed by atoms with Gasteiger partial charge in [-0.05, 0) is 26.3 Å². The van der Waals surface area contributed by atoms with Crippen LogP contribution in [-0.4, -0.2) is 39.6 Å². The van der Waals surface area contributed by atoms with E-state index in [9.17, 15) is 19.1 Å². The lowest BCUT2D eigenvalue weighted by Gasteiger charge is -2.16. The van der Waals surface area contributed by atoms with Crippen molar-refractivity contribution < 1.29 is 15.6 Å². The molecule has 0 radical (unpaired) electrons. The van der Waals surface area contributed by atoms with E-state index in [1.54, 1.807) is 0 Å². The van der Waals surface area contributed by atoms with Gasteiger partial charge in [-0.3, -0.25) is 14.3 Å². The third-order valence-electron chi connectivity index (χ3n) is 3.26. The predicted molar refractivity (Wildman–Crippen MR) is 69.2 cm³/mol. The van der Waals surface area contributed by atoms with E-state index in [2.05, 4.69) is 4.98 Å². The van der Waals surface area contributed by atoms with E-state index in [0.29, 0.717) is 24.9 Å². The number of nitrogens with two attached hydrogens (primary N) is 1. The lowest BCUT2D eigenvalue weighted by molar-refractivity contribution is -0.0186. The number of nitrogens with zero attached hydrogens (tertiary/aromatic N) is 1. The van der Waals surface area contributed by atoms with Crippen LogP contribution in [0.5, 0.6) is 0 Å². The number of H-pyrrole nitrogens is 1. The molecule has 4 atom stereocenters. The molecule has 112 valence electrons. The number of aliphatic hydroxyl groups is 1. The third-order valence-corrected chi connectivity index (χ3v) is 3.26. The molecule has 0 aromatic carbocycles. The minimum Gasteiger partial charge on any atom is -0.387 e. The van der Waals surface area contributed by atoms with Crippen molar-refractivity contribution in [2.45, 2.75) is 44.3 Å². The normalized spacial score (nSPS) is 30.4. The maximum Gasteiger partial charge on any atom is 0.330 e. The number of aromatic nitrogens is 2.